The molecular formula is C20H17F4N3O4. The van der Waals surface area contributed by atoms with Crippen LogP contribution in [0.25, 0.3) is 0 Å². The molecule has 1 aromatic carbocycles. The molecule has 7 nitrogen and oxygen atoms in total. The summed E-state index contributed by atoms with van der Waals surface area (Å²) in [6.45, 7) is 3.79. The Bertz CT molecular complexity index is 1050. The van der Waals surface area contributed by atoms with E-state index in [4.69, 9.17) is 9.47 Å². The molecule has 0 atom stereocenters. The lowest BCUT2D eigenvalue weighted by Crippen LogP contribution is -2.44. The molecule has 0 spiro atoms. The summed E-state index contributed by atoms with van der Waals surface area (Å²) in [6.07, 6.45) is -3.92. The van der Waals surface area contributed by atoms with Gasteiger partial charge in [0, 0.05) is 12.3 Å². The number of carbonyl (C=O) groups is 2. The van der Waals surface area contributed by atoms with Gasteiger partial charge in [0.1, 0.15) is 17.3 Å². The number of alkyl halides is 3. The largest absolute Gasteiger partial charge is 0.475 e. The van der Waals surface area contributed by atoms with Gasteiger partial charge in [0.15, 0.2) is 5.75 Å². The van der Waals surface area contributed by atoms with Crippen LogP contribution in [0.5, 0.6) is 17.4 Å². The highest BCUT2D eigenvalue weighted by Crippen LogP contribution is 2.36. The van der Waals surface area contributed by atoms with E-state index in [1.54, 1.807) is 12.1 Å². The van der Waals surface area contributed by atoms with Gasteiger partial charge < -0.3 is 9.47 Å². The van der Waals surface area contributed by atoms with E-state index >= 15 is 0 Å². The Balaban J connectivity index is 1.97. The van der Waals surface area contributed by atoms with E-state index in [2.05, 4.69) is 9.98 Å². The van der Waals surface area contributed by atoms with Crippen molar-refractivity contribution < 1.29 is 36.6 Å². The quantitative estimate of drug-likeness (QED) is 0.594. The standard InChI is InChI=1S/C20H17F4N3O4/c1-3-7-30-18-14(5-4-6-25-18)31-15-9-13(12(21)8-11(15)2)27-17(28)10-16(20(22,23)24)26-19(27)29/h4-6,8-9H,3,7,10H2,1-2H3. The van der Waals surface area contributed by atoms with Gasteiger partial charge in [-0.2, -0.15) is 18.2 Å². The number of aliphatic imine (C=N–C) groups is 1. The highest BCUT2D eigenvalue weighted by molar-refractivity contribution is 6.26. The fourth-order valence-corrected chi connectivity index (χ4v) is 2.74. The number of imide groups is 1. The molecule has 3 rings (SSSR count). The topological polar surface area (TPSA) is 81.1 Å². The third-order valence-corrected chi connectivity index (χ3v) is 4.20. The minimum atomic E-state index is -4.94. The number of pyridine rings is 1. The second kappa shape index (κ2) is 8.70. The molecule has 0 unspecified atom stereocenters. The molecule has 11 heteroatoms. The van der Waals surface area contributed by atoms with Gasteiger partial charge in [0.2, 0.25) is 5.91 Å². The number of aromatic nitrogens is 1. The van der Waals surface area contributed by atoms with Crippen LogP contribution >= 0.6 is 0 Å². The Labute approximate surface area is 174 Å². The second-order valence-corrected chi connectivity index (χ2v) is 6.57. The number of hydrogen-bond acceptors (Lipinski definition) is 5. The number of ether oxygens (including phenoxy) is 2. The SMILES string of the molecule is CCCOc1ncccc1Oc1cc(N2C(=O)CC(C(F)(F)F)=NC2=O)c(F)cc1C. The Kier molecular flexibility index (Phi) is 6.23. The van der Waals surface area contributed by atoms with E-state index in [0.29, 0.717) is 12.2 Å². The summed E-state index contributed by atoms with van der Waals surface area (Å²) in [7, 11) is 0. The highest BCUT2D eigenvalue weighted by Gasteiger charge is 2.43. The maximum absolute atomic E-state index is 14.6. The number of rotatable bonds is 6. The lowest BCUT2D eigenvalue weighted by Gasteiger charge is -2.25. The van der Waals surface area contributed by atoms with Crippen molar-refractivity contribution in [2.24, 2.45) is 4.99 Å². The molecule has 2 aromatic rings. The Morgan fingerprint density at radius 2 is 1.94 bits per heavy atom. The molecule has 31 heavy (non-hydrogen) atoms. The van der Waals surface area contributed by atoms with Crippen molar-refractivity contribution in [3.05, 3.63) is 41.8 Å². The first-order valence-corrected chi connectivity index (χ1v) is 9.19. The van der Waals surface area contributed by atoms with E-state index in [-0.39, 0.29) is 22.3 Å². The molecule has 0 fully saturated rings. The Morgan fingerprint density at radius 1 is 1.19 bits per heavy atom. The van der Waals surface area contributed by atoms with Gasteiger partial charge in [-0.3, -0.25) is 4.79 Å². The monoisotopic (exact) mass is 439 g/mol. The number of nitrogens with zero attached hydrogens (tertiary/aromatic N) is 3. The number of carbonyl (C=O) groups excluding carboxylic acids is 2. The van der Waals surface area contributed by atoms with E-state index in [1.165, 1.54) is 13.1 Å². The lowest BCUT2D eigenvalue weighted by molar-refractivity contribution is -0.118. The third-order valence-electron chi connectivity index (χ3n) is 4.20. The lowest BCUT2D eigenvalue weighted by atomic mass is 10.1. The first kappa shape index (κ1) is 22.2. The second-order valence-electron chi connectivity index (χ2n) is 6.57. The number of benzene rings is 1. The van der Waals surface area contributed by atoms with Gasteiger partial charge in [-0.15, -0.1) is 0 Å². The first-order valence-electron chi connectivity index (χ1n) is 9.19. The van der Waals surface area contributed by atoms with Crippen LogP contribution in [-0.2, 0) is 4.79 Å². The van der Waals surface area contributed by atoms with E-state index < -0.39 is 41.8 Å². The molecule has 0 saturated heterocycles. The molecule has 2 heterocycles. The maximum atomic E-state index is 14.6. The number of anilines is 1. The summed E-state index contributed by atoms with van der Waals surface area (Å²) in [4.78, 5) is 31.6. The molecular weight excluding hydrogens is 422 g/mol. The number of aryl methyl sites for hydroxylation is 1. The van der Waals surface area contributed by atoms with E-state index in [0.717, 1.165) is 18.6 Å². The van der Waals surface area contributed by atoms with Crippen molar-refractivity contribution in [2.45, 2.75) is 32.9 Å². The minimum Gasteiger partial charge on any atom is -0.475 e. The molecule has 0 bridgehead atoms. The maximum Gasteiger partial charge on any atom is 0.430 e. The van der Waals surface area contributed by atoms with Crippen LogP contribution in [0, 0.1) is 12.7 Å². The normalized spacial score (nSPS) is 14.5. The molecule has 3 amide bonds. The summed E-state index contributed by atoms with van der Waals surface area (Å²) in [5.41, 5.74) is -1.79. The molecule has 0 N–H and O–H groups in total. The molecule has 1 aliphatic heterocycles. The number of urea groups is 1. The van der Waals surface area contributed by atoms with Gasteiger partial charge in [-0.25, -0.2) is 19.1 Å². The zero-order valence-electron chi connectivity index (χ0n) is 16.5. The summed E-state index contributed by atoms with van der Waals surface area (Å²) < 4.78 is 64.3. The van der Waals surface area contributed by atoms with Gasteiger partial charge >= 0.3 is 12.2 Å². The minimum absolute atomic E-state index is 0.0527. The zero-order chi connectivity index (χ0) is 22.8. The van der Waals surface area contributed by atoms with Crippen LogP contribution in [-0.4, -0.2) is 35.4 Å². The molecule has 0 aliphatic carbocycles. The third kappa shape index (κ3) is 4.81. The molecule has 1 aliphatic rings. The van der Waals surface area contributed by atoms with Gasteiger partial charge in [0.25, 0.3) is 5.88 Å². The molecule has 164 valence electrons. The van der Waals surface area contributed by atoms with Gasteiger partial charge in [-0.1, -0.05) is 6.92 Å². The van der Waals surface area contributed by atoms with Crippen LogP contribution < -0.4 is 14.4 Å². The Morgan fingerprint density at radius 3 is 2.58 bits per heavy atom. The van der Waals surface area contributed by atoms with Gasteiger partial charge in [0.05, 0.1) is 18.7 Å². The smallest absolute Gasteiger partial charge is 0.430 e. The average Bonchev–Trinajstić information content (AvgIpc) is 2.69. The fraction of sp³-hybridized carbons (Fsp3) is 0.300. The summed E-state index contributed by atoms with van der Waals surface area (Å²) in [5, 5.41) is 0. The molecule has 0 saturated carbocycles. The Hall–Kier alpha value is -3.50. The van der Waals surface area contributed by atoms with Crippen molar-refractivity contribution in [3.8, 4) is 17.4 Å². The number of amides is 3. The molecule has 0 radical (unpaired) electrons. The first-order chi connectivity index (χ1) is 14.6. The van der Waals surface area contributed by atoms with Crippen LogP contribution in [0.1, 0.15) is 25.3 Å². The van der Waals surface area contributed by atoms with Crippen LogP contribution in [0.4, 0.5) is 28.0 Å². The average molecular weight is 439 g/mol. The number of halogens is 4. The van der Waals surface area contributed by atoms with E-state index in [1.807, 2.05) is 6.92 Å². The van der Waals surface area contributed by atoms with Crippen molar-refractivity contribution in [3.63, 3.8) is 0 Å². The van der Waals surface area contributed by atoms with Crippen molar-refractivity contribution in [2.75, 3.05) is 11.5 Å². The van der Waals surface area contributed by atoms with Crippen molar-refractivity contribution in [1.82, 2.24) is 4.98 Å². The van der Waals surface area contributed by atoms with Crippen molar-refractivity contribution in [1.29, 1.82) is 0 Å². The summed E-state index contributed by atoms with van der Waals surface area (Å²) >= 11 is 0. The predicted molar refractivity (Wildman–Crippen MR) is 102 cm³/mol. The zero-order valence-corrected chi connectivity index (χ0v) is 16.5. The van der Waals surface area contributed by atoms with Crippen LogP contribution in [0.3, 0.4) is 0 Å². The fourth-order valence-electron chi connectivity index (χ4n) is 2.74. The predicted octanol–water partition coefficient (Wildman–Crippen LogP) is 4.97. The summed E-state index contributed by atoms with van der Waals surface area (Å²) in [6, 6.07) is 3.64. The summed E-state index contributed by atoms with van der Waals surface area (Å²) in [5.74, 6) is -1.82. The molecule has 1 aromatic heterocycles. The van der Waals surface area contributed by atoms with Crippen LogP contribution in [0.2, 0.25) is 0 Å². The highest BCUT2D eigenvalue weighted by atomic mass is 19.4. The van der Waals surface area contributed by atoms with Gasteiger partial charge in [-0.05, 0) is 37.1 Å². The van der Waals surface area contributed by atoms with Crippen molar-refractivity contribution >= 4 is 23.3 Å². The van der Waals surface area contributed by atoms with Crippen LogP contribution in [0.15, 0.2) is 35.5 Å². The number of hydrogen-bond donors (Lipinski definition) is 0. The van der Waals surface area contributed by atoms with E-state index in [9.17, 15) is 27.2 Å².